The van der Waals surface area contributed by atoms with Crippen molar-refractivity contribution in [1.82, 2.24) is 4.90 Å². The third-order valence-electron chi connectivity index (χ3n) is 2.90. The summed E-state index contributed by atoms with van der Waals surface area (Å²) in [6.45, 7) is 3.39. The fraction of sp³-hybridized carbons (Fsp3) is 0.538. The number of aliphatic hydroxyl groups is 1. The highest BCUT2D eigenvalue weighted by Crippen LogP contribution is 2.34. The lowest BCUT2D eigenvalue weighted by Crippen LogP contribution is -2.21. The van der Waals surface area contributed by atoms with E-state index >= 15 is 0 Å². The molecule has 4 heteroatoms. The van der Waals surface area contributed by atoms with Crippen LogP contribution in [0.15, 0.2) is 24.3 Å². The molecule has 0 saturated carbocycles. The Kier molecular flexibility index (Phi) is 3.99. The maximum absolute atomic E-state index is 9.14. The number of likely N-dealkylation sites (N-methyl/N-ethyl adjacent to an activating group) is 1. The average molecular weight is 237 g/mol. The number of benzene rings is 1. The first-order chi connectivity index (χ1) is 8.26. The van der Waals surface area contributed by atoms with Gasteiger partial charge in [0, 0.05) is 12.1 Å². The van der Waals surface area contributed by atoms with Gasteiger partial charge in [-0.05, 0) is 20.0 Å². The zero-order valence-electron chi connectivity index (χ0n) is 10.3. The fourth-order valence-electron chi connectivity index (χ4n) is 2.13. The number of ether oxygens (including phenoxy) is 2. The van der Waals surface area contributed by atoms with Gasteiger partial charge in [-0.15, -0.1) is 0 Å². The summed E-state index contributed by atoms with van der Waals surface area (Å²) in [5.74, 6) is 0.852. The molecule has 1 heterocycles. The molecule has 0 bridgehead atoms. The summed E-state index contributed by atoms with van der Waals surface area (Å²) in [5, 5.41) is 9.14. The van der Waals surface area contributed by atoms with E-state index in [1.54, 1.807) is 0 Å². The van der Waals surface area contributed by atoms with Crippen LogP contribution in [0.3, 0.4) is 0 Å². The van der Waals surface area contributed by atoms with Crippen LogP contribution in [-0.2, 0) is 4.74 Å². The van der Waals surface area contributed by atoms with Crippen LogP contribution < -0.4 is 4.74 Å². The Morgan fingerprint density at radius 1 is 1.47 bits per heavy atom. The van der Waals surface area contributed by atoms with Crippen LogP contribution in [0.2, 0.25) is 0 Å². The molecular weight excluding hydrogens is 218 g/mol. The summed E-state index contributed by atoms with van der Waals surface area (Å²) in [5.41, 5.74) is 1.02. The molecule has 1 N–H and O–H groups in total. The summed E-state index contributed by atoms with van der Waals surface area (Å²) in [6.07, 6.45) is -0.241. The van der Waals surface area contributed by atoms with Gasteiger partial charge in [-0.3, -0.25) is 4.90 Å². The maximum atomic E-state index is 9.14. The predicted molar refractivity (Wildman–Crippen MR) is 64.9 cm³/mol. The maximum Gasteiger partial charge on any atom is 0.140 e. The highest BCUT2D eigenvalue weighted by Gasteiger charge is 2.32. The van der Waals surface area contributed by atoms with E-state index in [2.05, 4.69) is 4.90 Å². The minimum Gasteiger partial charge on any atom is -0.493 e. The Balaban J connectivity index is 2.21. The molecule has 17 heavy (non-hydrogen) atoms. The molecule has 1 aliphatic rings. The second kappa shape index (κ2) is 5.49. The molecule has 1 aromatic carbocycles. The van der Waals surface area contributed by atoms with Gasteiger partial charge in [0.2, 0.25) is 0 Å². The van der Waals surface area contributed by atoms with Crippen LogP contribution in [0.1, 0.15) is 18.7 Å². The molecule has 2 unspecified atom stereocenters. The minimum atomic E-state index is -0.130. The van der Waals surface area contributed by atoms with Crippen LogP contribution in [0, 0.1) is 0 Å². The molecule has 1 fully saturated rings. The van der Waals surface area contributed by atoms with Crippen molar-refractivity contribution in [3.8, 4) is 5.75 Å². The van der Waals surface area contributed by atoms with Gasteiger partial charge >= 0.3 is 0 Å². The van der Waals surface area contributed by atoms with Crippen LogP contribution >= 0.6 is 0 Å². The molecular formula is C13H19NO3. The molecule has 1 aromatic rings. The first kappa shape index (κ1) is 12.4. The largest absolute Gasteiger partial charge is 0.493 e. The predicted octanol–water partition coefficient (Wildman–Crippen LogP) is 1.41. The second-order valence-corrected chi connectivity index (χ2v) is 4.20. The third-order valence-corrected chi connectivity index (χ3v) is 2.90. The number of para-hydroxylation sites is 1. The van der Waals surface area contributed by atoms with Gasteiger partial charge in [-0.1, -0.05) is 18.2 Å². The van der Waals surface area contributed by atoms with Gasteiger partial charge in [0.1, 0.15) is 12.0 Å². The van der Waals surface area contributed by atoms with Crippen molar-refractivity contribution in [1.29, 1.82) is 0 Å². The highest BCUT2D eigenvalue weighted by molar-refractivity contribution is 5.35. The van der Waals surface area contributed by atoms with Crippen molar-refractivity contribution in [2.24, 2.45) is 0 Å². The van der Waals surface area contributed by atoms with Gasteiger partial charge in [-0.2, -0.15) is 0 Å². The lowest BCUT2D eigenvalue weighted by atomic mass is 10.1. The SMILES string of the molecule is CCOc1ccccc1C1OC(CO)CN1C. The number of rotatable bonds is 4. The Morgan fingerprint density at radius 3 is 2.88 bits per heavy atom. The molecule has 0 aliphatic carbocycles. The monoisotopic (exact) mass is 237 g/mol. The van der Waals surface area contributed by atoms with E-state index in [0.717, 1.165) is 17.9 Å². The van der Waals surface area contributed by atoms with Gasteiger partial charge < -0.3 is 14.6 Å². The Labute approximate surface area is 102 Å². The molecule has 1 aliphatic heterocycles. The highest BCUT2D eigenvalue weighted by atomic mass is 16.5. The van der Waals surface area contributed by atoms with Crippen LogP contribution in [0.25, 0.3) is 0 Å². The number of nitrogens with zero attached hydrogens (tertiary/aromatic N) is 1. The number of hydrogen-bond donors (Lipinski definition) is 1. The quantitative estimate of drug-likeness (QED) is 0.859. The van der Waals surface area contributed by atoms with Crippen LogP contribution in [0.4, 0.5) is 0 Å². The molecule has 0 spiro atoms. The minimum absolute atomic E-state index is 0.0532. The van der Waals surface area contributed by atoms with Gasteiger partial charge in [-0.25, -0.2) is 0 Å². The Hall–Kier alpha value is -1.10. The lowest BCUT2D eigenvalue weighted by molar-refractivity contribution is -0.0152. The number of hydrogen-bond acceptors (Lipinski definition) is 4. The van der Waals surface area contributed by atoms with E-state index in [0.29, 0.717) is 6.61 Å². The average Bonchev–Trinajstić information content (AvgIpc) is 2.72. The van der Waals surface area contributed by atoms with Crippen molar-refractivity contribution >= 4 is 0 Å². The molecule has 0 amide bonds. The van der Waals surface area contributed by atoms with Crippen molar-refractivity contribution < 1.29 is 14.6 Å². The first-order valence-electron chi connectivity index (χ1n) is 5.94. The van der Waals surface area contributed by atoms with Crippen molar-refractivity contribution in [3.63, 3.8) is 0 Å². The van der Waals surface area contributed by atoms with E-state index in [1.165, 1.54) is 0 Å². The van der Waals surface area contributed by atoms with Crippen LogP contribution in [0.5, 0.6) is 5.75 Å². The summed E-state index contributed by atoms with van der Waals surface area (Å²) in [6, 6.07) is 7.88. The summed E-state index contributed by atoms with van der Waals surface area (Å²) < 4.78 is 11.4. The normalized spacial score (nSPS) is 25.1. The van der Waals surface area contributed by atoms with E-state index in [1.807, 2.05) is 38.2 Å². The van der Waals surface area contributed by atoms with Crippen molar-refractivity contribution in [2.45, 2.75) is 19.3 Å². The Morgan fingerprint density at radius 2 is 2.24 bits per heavy atom. The van der Waals surface area contributed by atoms with Gasteiger partial charge in [0.15, 0.2) is 0 Å². The standard InChI is InChI=1S/C13H19NO3/c1-3-16-12-7-5-4-6-11(12)13-14(2)8-10(9-15)17-13/h4-7,10,13,15H,3,8-9H2,1-2H3. The fourth-order valence-corrected chi connectivity index (χ4v) is 2.13. The van der Waals surface area contributed by atoms with E-state index in [-0.39, 0.29) is 18.9 Å². The molecule has 2 atom stereocenters. The van der Waals surface area contributed by atoms with Crippen molar-refractivity contribution in [2.75, 3.05) is 26.8 Å². The molecule has 0 aromatic heterocycles. The molecule has 1 saturated heterocycles. The second-order valence-electron chi connectivity index (χ2n) is 4.20. The summed E-state index contributed by atoms with van der Waals surface area (Å²) in [4.78, 5) is 2.08. The lowest BCUT2D eigenvalue weighted by Gasteiger charge is -2.21. The summed E-state index contributed by atoms with van der Waals surface area (Å²) >= 11 is 0. The molecule has 0 radical (unpaired) electrons. The third kappa shape index (κ3) is 2.60. The molecule has 94 valence electrons. The van der Waals surface area contributed by atoms with E-state index < -0.39 is 0 Å². The summed E-state index contributed by atoms with van der Waals surface area (Å²) in [7, 11) is 1.99. The zero-order valence-corrected chi connectivity index (χ0v) is 10.3. The zero-order chi connectivity index (χ0) is 12.3. The number of aliphatic hydroxyl groups excluding tert-OH is 1. The Bertz CT molecular complexity index is 369. The van der Waals surface area contributed by atoms with E-state index in [4.69, 9.17) is 14.6 Å². The van der Waals surface area contributed by atoms with E-state index in [9.17, 15) is 0 Å². The molecule has 4 nitrogen and oxygen atoms in total. The van der Waals surface area contributed by atoms with Gasteiger partial charge in [0.25, 0.3) is 0 Å². The smallest absolute Gasteiger partial charge is 0.140 e. The van der Waals surface area contributed by atoms with Gasteiger partial charge in [0.05, 0.1) is 19.3 Å². The molecule has 2 rings (SSSR count). The topological polar surface area (TPSA) is 41.9 Å². The van der Waals surface area contributed by atoms with Crippen LogP contribution in [-0.4, -0.2) is 42.9 Å². The first-order valence-corrected chi connectivity index (χ1v) is 5.94. The van der Waals surface area contributed by atoms with Crippen molar-refractivity contribution in [3.05, 3.63) is 29.8 Å².